The Labute approximate surface area is 147 Å². The van der Waals surface area contributed by atoms with E-state index in [9.17, 15) is 4.79 Å². The van der Waals surface area contributed by atoms with Crippen LogP contribution >= 0.6 is 0 Å². The lowest BCUT2D eigenvalue weighted by molar-refractivity contribution is -0.133. The van der Waals surface area contributed by atoms with Gasteiger partial charge in [-0.15, -0.1) is 5.10 Å². The molecular weight excluding hydrogens is 322 g/mol. The Morgan fingerprint density at radius 2 is 2.32 bits per heavy atom. The van der Waals surface area contributed by atoms with Crippen LogP contribution in [0, 0.1) is 0 Å². The lowest BCUT2D eigenvalue weighted by atomic mass is 9.98. The number of carbonyl (C=O) groups is 1. The van der Waals surface area contributed by atoms with Gasteiger partial charge in [-0.1, -0.05) is 5.21 Å². The molecule has 2 aromatic heterocycles. The molecule has 2 aromatic rings. The summed E-state index contributed by atoms with van der Waals surface area (Å²) in [4.78, 5) is 15.5. The van der Waals surface area contributed by atoms with Crippen LogP contribution in [0.25, 0.3) is 0 Å². The molecule has 1 aliphatic heterocycles. The molecule has 8 nitrogen and oxygen atoms in total. The normalized spacial score (nSPS) is 17.5. The molecule has 1 amide bonds. The highest BCUT2D eigenvalue weighted by Crippen LogP contribution is 2.28. The molecule has 8 heteroatoms. The molecule has 0 radical (unpaired) electrons. The average Bonchev–Trinajstić information content (AvgIpc) is 3.23. The second kappa shape index (κ2) is 7.79. The van der Waals surface area contributed by atoms with Crippen LogP contribution in [0.1, 0.15) is 30.0 Å². The number of carbonyl (C=O) groups excluding carboxylic acids is 1. The van der Waals surface area contributed by atoms with Crippen LogP contribution in [0.2, 0.25) is 0 Å². The largest absolute Gasteiger partial charge is 0.468 e. The van der Waals surface area contributed by atoms with Gasteiger partial charge in [0.1, 0.15) is 18.1 Å². The Kier molecular flexibility index (Phi) is 5.50. The van der Waals surface area contributed by atoms with Crippen molar-refractivity contribution in [2.75, 3.05) is 33.9 Å². The molecule has 0 aromatic carbocycles. The molecule has 1 unspecified atom stereocenters. The first-order chi connectivity index (χ1) is 12.1. The maximum absolute atomic E-state index is 11.7. The van der Waals surface area contributed by atoms with Gasteiger partial charge >= 0.3 is 0 Å². The van der Waals surface area contributed by atoms with Crippen molar-refractivity contribution in [1.82, 2.24) is 24.8 Å². The highest BCUT2D eigenvalue weighted by Gasteiger charge is 2.31. The van der Waals surface area contributed by atoms with Crippen LogP contribution in [-0.4, -0.2) is 64.6 Å². The minimum atomic E-state index is -0.0365. The molecule has 0 aliphatic carbocycles. The van der Waals surface area contributed by atoms with Crippen molar-refractivity contribution in [2.45, 2.75) is 32.5 Å². The van der Waals surface area contributed by atoms with Crippen LogP contribution in [-0.2, 0) is 29.2 Å². The van der Waals surface area contributed by atoms with Gasteiger partial charge in [-0.2, -0.15) is 0 Å². The lowest BCUT2D eigenvalue weighted by Gasteiger charge is -2.31. The smallest absolute Gasteiger partial charge is 0.248 e. The third-order valence-corrected chi connectivity index (χ3v) is 4.39. The number of aromatic nitrogens is 3. The maximum Gasteiger partial charge on any atom is 0.248 e. The Morgan fingerprint density at radius 1 is 1.48 bits per heavy atom. The van der Waals surface area contributed by atoms with Gasteiger partial charge in [0.05, 0.1) is 25.1 Å². The van der Waals surface area contributed by atoms with Crippen LogP contribution in [0.15, 0.2) is 22.8 Å². The summed E-state index contributed by atoms with van der Waals surface area (Å²) in [6.07, 6.45) is 1.69. The molecule has 0 spiro atoms. The number of ether oxygens (including phenoxy) is 1. The van der Waals surface area contributed by atoms with E-state index in [1.165, 1.54) is 4.90 Å². The van der Waals surface area contributed by atoms with E-state index in [0.29, 0.717) is 6.61 Å². The summed E-state index contributed by atoms with van der Waals surface area (Å²) in [5.41, 5.74) is 2.10. The van der Waals surface area contributed by atoms with Crippen molar-refractivity contribution >= 4 is 5.91 Å². The molecule has 1 aliphatic rings. The molecule has 3 rings (SSSR count). The number of aryl methyl sites for hydroxylation is 1. The number of likely N-dealkylation sites (N-methyl/N-ethyl adjacent to an activating group) is 1. The Hall–Kier alpha value is -2.19. The quantitative estimate of drug-likeness (QED) is 0.746. The topological polar surface area (TPSA) is 76.6 Å². The molecule has 3 heterocycles. The summed E-state index contributed by atoms with van der Waals surface area (Å²) in [6.45, 7) is 5.66. The molecule has 0 saturated heterocycles. The maximum atomic E-state index is 11.7. The summed E-state index contributed by atoms with van der Waals surface area (Å²) in [5.74, 6) is 1.02. The number of hydrogen-bond acceptors (Lipinski definition) is 6. The van der Waals surface area contributed by atoms with Gasteiger partial charge in [-0.05, 0) is 19.1 Å². The van der Waals surface area contributed by atoms with Crippen LogP contribution < -0.4 is 0 Å². The summed E-state index contributed by atoms with van der Waals surface area (Å²) in [7, 11) is 3.46. The summed E-state index contributed by atoms with van der Waals surface area (Å²) >= 11 is 0. The van der Waals surface area contributed by atoms with Gasteiger partial charge in [-0.3, -0.25) is 9.69 Å². The fourth-order valence-electron chi connectivity index (χ4n) is 3.12. The summed E-state index contributed by atoms with van der Waals surface area (Å²) < 4.78 is 13.1. The first kappa shape index (κ1) is 17.6. The highest BCUT2D eigenvalue weighted by atomic mass is 16.5. The second-order valence-electron chi connectivity index (χ2n) is 6.49. The SMILES string of the molecule is CCn1nnc2c1C(COCC(=O)N(C)C)CN(Cc1ccco1)C2. The van der Waals surface area contributed by atoms with E-state index in [2.05, 4.69) is 22.1 Å². The highest BCUT2D eigenvalue weighted by molar-refractivity contribution is 5.76. The molecule has 0 saturated carbocycles. The predicted octanol–water partition coefficient (Wildman–Crippen LogP) is 1.10. The molecule has 0 N–H and O–H groups in total. The monoisotopic (exact) mass is 347 g/mol. The first-order valence-corrected chi connectivity index (χ1v) is 8.53. The lowest BCUT2D eigenvalue weighted by Crippen LogP contribution is -2.36. The van der Waals surface area contributed by atoms with Crippen LogP contribution in [0.4, 0.5) is 0 Å². The minimum absolute atomic E-state index is 0.0365. The summed E-state index contributed by atoms with van der Waals surface area (Å²) in [5, 5.41) is 8.59. The zero-order valence-corrected chi connectivity index (χ0v) is 15.0. The van der Waals surface area contributed by atoms with E-state index in [1.54, 1.807) is 20.4 Å². The Bertz CT molecular complexity index is 695. The van der Waals surface area contributed by atoms with Crippen LogP contribution in [0.5, 0.6) is 0 Å². The van der Waals surface area contributed by atoms with Gasteiger partial charge in [0.25, 0.3) is 0 Å². The molecular formula is C17H25N5O3. The van der Waals surface area contributed by atoms with Crippen molar-refractivity contribution in [1.29, 1.82) is 0 Å². The van der Waals surface area contributed by atoms with E-state index in [1.807, 2.05) is 16.8 Å². The molecule has 25 heavy (non-hydrogen) atoms. The Morgan fingerprint density at radius 3 is 3.00 bits per heavy atom. The molecule has 0 fully saturated rings. The zero-order chi connectivity index (χ0) is 17.8. The van der Waals surface area contributed by atoms with E-state index < -0.39 is 0 Å². The fourth-order valence-corrected chi connectivity index (χ4v) is 3.12. The molecule has 1 atom stereocenters. The average molecular weight is 347 g/mol. The standard InChI is InChI=1S/C17H25N5O3/c1-4-22-17-13(11-24-12-16(23)20(2)3)8-21(10-15(17)18-19-22)9-14-6-5-7-25-14/h5-7,13H,4,8-12H2,1-3H3. The summed E-state index contributed by atoms with van der Waals surface area (Å²) in [6, 6.07) is 3.87. The van der Waals surface area contributed by atoms with Gasteiger partial charge in [-0.25, -0.2) is 4.68 Å². The Balaban J connectivity index is 1.70. The van der Waals surface area contributed by atoms with E-state index in [0.717, 1.165) is 43.3 Å². The van der Waals surface area contributed by atoms with Gasteiger partial charge in [0.2, 0.25) is 5.91 Å². The van der Waals surface area contributed by atoms with Crippen molar-refractivity contribution in [3.63, 3.8) is 0 Å². The number of fused-ring (bicyclic) bond motifs is 1. The van der Waals surface area contributed by atoms with Gasteiger partial charge in [0.15, 0.2) is 0 Å². The second-order valence-corrected chi connectivity index (χ2v) is 6.49. The number of furan rings is 1. The number of nitrogens with zero attached hydrogens (tertiary/aromatic N) is 5. The first-order valence-electron chi connectivity index (χ1n) is 8.53. The van der Waals surface area contributed by atoms with E-state index in [-0.39, 0.29) is 18.4 Å². The van der Waals surface area contributed by atoms with Crippen molar-refractivity contribution in [3.8, 4) is 0 Å². The minimum Gasteiger partial charge on any atom is -0.468 e. The fraction of sp³-hybridized carbons (Fsp3) is 0.588. The van der Waals surface area contributed by atoms with Crippen molar-refractivity contribution in [2.24, 2.45) is 0 Å². The van der Waals surface area contributed by atoms with Crippen molar-refractivity contribution < 1.29 is 13.9 Å². The van der Waals surface area contributed by atoms with Crippen molar-refractivity contribution in [3.05, 3.63) is 35.5 Å². The van der Waals surface area contributed by atoms with E-state index in [4.69, 9.17) is 9.15 Å². The number of rotatable bonds is 7. The van der Waals surface area contributed by atoms with E-state index >= 15 is 0 Å². The predicted molar refractivity (Wildman–Crippen MR) is 90.8 cm³/mol. The third kappa shape index (κ3) is 4.08. The molecule has 136 valence electrons. The zero-order valence-electron chi connectivity index (χ0n) is 15.0. The number of amides is 1. The number of hydrogen-bond donors (Lipinski definition) is 0. The van der Waals surface area contributed by atoms with Gasteiger partial charge in [0, 0.05) is 39.6 Å². The molecule has 0 bridgehead atoms. The van der Waals surface area contributed by atoms with Gasteiger partial charge < -0.3 is 14.1 Å². The van der Waals surface area contributed by atoms with Crippen LogP contribution in [0.3, 0.4) is 0 Å². The third-order valence-electron chi connectivity index (χ3n) is 4.39.